The maximum atomic E-state index is 13.1. The van der Waals surface area contributed by atoms with Gasteiger partial charge in [0.15, 0.2) is 11.5 Å². The van der Waals surface area contributed by atoms with E-state index in [1.807, 2.05) is 13.8 Å². The minimum absolute atomic E-state index is 0.0248. The Morgan fingerprint density at radius 2 is 1.57 bits per heavy atom. The Bertz CT molecular complexity index is 995. The second kappa shape index (κ2) is 9.06. The standard InChI is InChI=1S/C22H28N2O5S/c1-15-6-5-7-16(2)24(15)30(26,27)19-11-9-18(10-12-19)23-22(25)17-8-13-20(28-3)21(14-17)29-4/h8-16H,5-7H2,1-4H3,(H,23,25). The first kappa shape index (κ1) is 22.1. The molecular formula is C22H28N2O5S. The monoisotopic (exact) mass is 432 g/mol. The van der Waals surface area contributed by atoms with Crippen molar-refractivity contribution in [3.8, 4) is 11.5 Å². The van der Waals surface area contributed by atoms with Gasteiger partial charge in [-0.1, -0.05) is 6.42 Å². The number of amides is 1. The highest BCUT2D eigenvalue weighted by atomic mass is 32.2. The van der Waals surface area contributed by atoms with Crippen molar-refractivity contribution in [2.75, 3.05) is 19.5 Å². The van der Waals surface area contributed by atoms with Crippen molar-refractivity contribution in [1.29, 1.82) is 0 Å². The highest BCUT2D eigenvalue weighted by Gasteiger charge is 2.35. The molecule has 1 saturated heterocycles. The summed E-state index contributed by atoms with van der Waals surface area (Å²) in [7, 11) is -0.555. The molecule has 0 saturated carbocycles. The molecule has 8 heteroatoms. The number of rotatable bonds is 6. The number of hydrogen-bond acceptors (Lipinski definition) is 5. The number of ether oxygens (including phenoxy) is 2. The van der Waals surface area contributed by atoms with Crippen LogP contribution in [0, 0.1) is 0 Å². The minimum atomic E-state index is -3.58. The van der Waals surface area contributed by atoms with Gasteiger partial charge in [-0.3, -0.25) is 4.79 Å². The number of hydrogen-bond donors (Lipinski definition) is 1. The van der Waals surface area contributed by atoms with Crippen LogP contribution in [0.2, 0.25) is 0 Å². The summed E-state index contributed by atoms with van der Waals surface area (Å²) < 4.78 is 38.2. The lowest BCUT2D eigenvalue weighted by Crippen LogP contribution is -2.47. The SMILES string of the molecule is COc1ccc(C(=O)Nc2ccc(S(=O)(=O)N3C(C)CCCC3C)cc2)cc1OC. The predicted molar refractivity (Wildman–Crippen MR) is 116 cm³/mol. The lowest BCUT2D eigenvalue weighted by atomic mass is 10.0. The Morgan fingerprint density at radius 3 is 2.13 bits per heavy atom. The van der Waals surface area contributed by atoms with E-state index in [0.29, 0.717) is 22.7 Å². The lowest BCUT2D eigenvalue weighted by molar-refractivity contribution is 0.102. The maximum Gasteiger partial charge on any atom is 0.255 e. The summed E-state index contributed by atoms with van der Waals surface area (Å²) >= 11 is 0. The zero-order chi connectivity index (χ0) is 21.9. The van der Waals surface area contributed by atoms with Gasteiger partial charge in [-0.2, -0.15) is 4.31 Å². The molecule has 1 N–H and O–H groups in total. The van der Waals surface area contributed by atoms with Crippen molar-refractivity contribution in [1.82, 2.24) is 4.31 Å². The molecule has 1 amide bonds. The highest BCUT2D eigenvalue weighted by molar-refractivity contribution is 7.89. The fourth-order valence-corrected chi connectivity index (χ4v) is 5.77. The second-order valence-corrected chi connectivity index (χ2v) is 9.36. The molecule has 3 rings (SSSR count). The molecule has 0 aromatic heterocycles. The number of nitrogens with one attached hydrogen (secondary N) is 1. The summed E-state index contributed by atoms with van der Waals surface area (Å²) in [4.78, 5) is 12.8. The predicted octanol–water partition coefficient (Wildman–Crippen LogP) is 3.91. The Hall–Kier alpha value is -2.58. The molecule has 2 aromatic rings. The van der Waals surface area contributed by atoms with Crippen molar-refractivity contribution in [3.63, 3.8) is 0 Å². The van der Waals surface area contributed by atoms with Crippen LogP contribution in [0.25, 0.3) is 0 Å². The molecule has 0 bridgehead atoms. The van der Waals surface area contributed by atoms with E-state index >= 15 is 0 Å². The molecule has 0 aliphatic carbocycles. The Kier molecular flexibility index (Phi) is 6.67. The van der Waals surface area contributed by atoms with Crippen molar-refractivity contribution in [2.24, 2.45) is 0 Å². The number of methoxy groups -OCH3 is 2. The number of carbonyl (C=O) groups excluding carboxylic acids is 1. The Labute approximate surface area is 178 Å². The van der Waals surface area contributed by atoms with Gasteiger partial charge in [0.1, 0.15) is 0 Å². The molecule has 2 atom stereocenters. The summed E-state index contributed by atoms with van der Waals surface area (Å²) in [5.41, 5.74) is 0.911. The van der Waals surface area contributed by atoms with Gasteiger partial charge in [0.25, 0.3) is 5.91 Å². The van der Waals surface area contributed by atoms with E-state index in [1.165, 1.54) is 26.4 Å². The molecule has 162 valence electrons. The fraction of sp³-hybridized carbons (Fsp3) is 0.409. The first-order valence-corrected chi connectivity index (χ1v) is 11.4. The van der Waals surface area contributed by atoms with Crippen molar-refractivity contribution >= 4 is 21.6 Å². The summed E-state index contributed by atoms with van der Waals surface area (Å²) in [5, 5.41) is 2.78. The molecule has 1 heterocycles. The average molecular weight is 433 g/mol. The van der Waals surface area contributed by atoms with Gasteiger partial charge in [-0.15, -0.1) is 0 Å². The molecule has 1 aliphatic rings. The number of benzene rings is 2. The molecule has 1 fully saturated rings. The second-order valence-electron chi connectivity index (χ2n) is 7.51. The largest absolute Gasteiger partial charge is 0.493 e. The number of sulfonamides is 1. The van der Waals surface area contributed by atoms with Crippen molar-refractivity contribution < 1.29 is 22.7 Å². The summed E-state index contributed by atoms with van der Waals surface area (Å²) in [6, 6.07) is 11.1. The van der Waals surface area contributed by atoms with E-state index in [0.717, 1.165) is 19.3 Å². The van der Waals surface area contributed by atoms with Gasteiger partial charge in [0.2, 0.25) is 10.0 Å². The van der Waals surface area contributed by atoms with Crippen LogP contribution < -0.4 is 14.8 Å². The third-order valence-electron chi connectivity index (χ3n) is 5.45. The third kappa shape index (κ3) is 4.44. The minimum Gasteiger partial charge on any atom is -0.493 e. The molecule has 7 nitrogen and oxygen atoms in total. The highest BCUT2D eigenvalue weighted by Crippen LogP contribution is 2.30. The molecule has 2 aromatic carbocycles. The van der Waals surface area contributed by atoms with Crippen LogP contribution in [-0.4, -0.2) is 44.9 Å². The number of piperidine rings is 1. The quantitative estimate of drug-likeness (QED) is 0.748. The van der Waals surface area contributed by atoms with Crippen LogP contribution in [0.4, 0.5) is 5.69 Å². The number of nitrogens with zero attached hydrogens (tertiary/aromatic N) is 1. The zero-order valence-corrected chi connectivity index (χ0v) is 18.5. The summed E-state index contributed by atoms with van der Waals surface area (Å²) in [5.74, 6) is 0.658. The fourth-order valence-electron chi connectivity index (χ4n) is 3.88. The van der Waals surface area contributed by atoms with Crippen LogP contribution in [0.3, 0.4) is 0 Å². The van der Waals surface area contributed by atoms with E-state index in [4.69, 9.17) is 9.47 Å². The van der Waals surface area contributed by atoms with E-state index in [2.05, 4.69) is 5.32 Å². The van der Waals surface area contributed by atoms with Crippen molar-refractivity contribution in [3.05, 3.63) is 48.0 Å². The molecule has 30 heavy (non-hydrogen) atoms. The Balaban J connectivity index is 1.76. The van der Waals surface area contributed by atoms with Gasteiger partial charge in [0.05, 0.1) is 19.1 Å². The molecule has 2 unspecified atom stereocenters. The van der Waals surface area contributed by atoms with Gasteiger partial charge in [0, 0.05) is 23.3 Å². The van der Waals surface area contributed by atoms with Crippen LogP contribution in [0.5, 0.6) is 11.5 Å². The van der Waals surface area contributed by atoms with E-state index in [-0.39, 0.29) is 22.9 Å². The molecule has 1 aliphatic heterocycles. The normalized spacial score (nSPS) is 19.9. The van der Waals surface area contributed by atoms with Crippen LogP contribution in [-0.2, 0) is 10.0 Å². The Morgan fingerprint density at radius 1 is 0.967 bits per heavy atom. The van der Waals surface area contributed by atoms with Crippen LogP contribution >= 0.6 is 0 Å². The van der Waals surface area contributed by atoms with Gasteiger partial charge < -0.3 is 14.8 Å². The maximum absolute atomic E-state index is 13.1. The molecule has 0 spiro atoms. The first-order valence-electron chi connectivity index (χ1n) is 9.95. The smallest absolute Gasteiger partial charge is 0.255 e. The molecular weight excluding hydrogens is 404 g/mol. The molecule has 0 radical (unpaired) electrons. The topological polar surface area (TPSA) is 84.9 Å². The van der Waals surface area contributed by atoms with Gasteiger partial charge in [-0.25, -0.2) is 8.42 Å². The average Bonchev–Trinajstić information content (AvgIpc) is 2.73. The zero-order valence-electron chi connectivity index (χ0n) is 17.7. The van der Waals surface area contributed by atoms with E-state index < -0.39 is 10.0 Å². The number of anilines is 1. The van der Waals surface area contributed by atoms with Gasteiger partial charge in [-0.05, 0) is 69.2 Å². The van der Waals surface area contributed by atoms with Crippen LogP contribution in [0.1, 0.15) is 43.5 Å². The third-order valence-corrected chi connectivity index (χ3v) is 7.59. The van der Waals surface area contributed by atoms with Gasteiger partial charge >= 0.3 is 0 Å². The van der Waals surface area contributed by atoms with Crippen LogP contribution in [0.15, 0.2) is 47.4 Å². The van der Waals surface area contributed by atoms with E-state index in [1.54, 1.807) is 34.6 Å². The van der Waals surface area contributed by atoms with E-state index in [9.17, 15) is 13.2 Å². The summed E-state index contributed by atoms with van der Waals surface area (Å²) in [6.07, 6.45) is 2.77. The lowest BCUT2D eigenvalue weighted by Gasteiger charge is -2.37. The van der Waals surface area contributed by atoms with Crippen molar-refractivity contribution in [2.45, 2.75) is 50.1 Å². The number of carbonyl (C=O) groups is 1. The summed E-state index contributed by atoms with van der Waals surface area (Å²) in [6.45, 7) is 3.90. The first-order chi connectivity index (χ1) is 14.3.